The van der Waals surface area contributed by atoms with Crippen molar-refractivity contribution in [3.63, 3.8) is 0 Å². The van der Waals surface area contributed by atoms with Crippen LogP contribution in [0.1, 0.15) is 0 Å². The van der Waals surface area contributed by atoms with Crippen LogP contribution in [-0.2, 0) is 4.79 Å². The number of hydrogen-bond donors (Lipinski definition) is 0. The fourth-order valence-corrected chi connectivity index (χ4v) is 4.02. The molecule has 7 heteroatoms. The van der Waals surface area contributed by atoms with Gasteiger partial charge in [-0.2, -0.15) is 11.8 Å². The van der Waals surface area contributed by atoms with Crippen LogP contribution in [0.4, 0.5) is 10.2 Å². The highest BCUT2D eigenvalue weighted by molar-refractivity contribution is 7.99. The molecule has 0 atom stereocenters. The Morgan fingerprint density at radius 2 is 2.00 bits per heavy atom. The second-order valence-corrected chi connectivity index (χ2v) is 7.12. The number of rotatable bonds is 2. The Hall–Kier alpha value is -1.89. The number of aromatic nitrogens is 2. The van der Waals surface area contributed by atoms with Gasteiger partial charge in [0.15, 0.2) is 0 Å². The molecule has 5 nitrogen and oxygen atoms in total. The summed E-state index contributed by atoms with van der Waals surface area (Å²) in [5.74, 6) is 2.73. The Bertz CT molecular complexity index is 744. The number of benzene rings is 1. The van der Waals surface area contributed by atoms with Gasteiger partial charge in [0.05, 0.1) is 11.4 Å². The summed E-state index contributed by atoms with van der Waals surface area (Å²) in [5, 5.41) is 0.702. The van der Waals surface area contributed by atoms with E-state index in [9.17, 15) is 9.18 Å². The molecule has 2 aromatic rings. The molecule has 0 N–H and O–H groups in total. The van der Waals surface area contributed by atoms with Crippen molar-refractivity contribution in [3.8, 4) is 0 Å². The standard InChI is InChI=1S/C16H17FN4OS/c17-12-1-2-14-13(7-12)15(19-10-18-14)21-8-11(9-21)16(22)20-3-5-23-6-4-20/h1-2,7,10-11H,3-6,8-9H2. The van der Waals surface area contributed by atoms with Gasteiger partial charge in [-0.3, -0.25) is 4.79 Å². The van der Waals surface area contributed by atoms with Gasteiger partial charge in [-0.25, -0.2) is 14.4 Å². The Morgan fingerprint density at radius 3 is 2.78 bits per heavy atom. The van der Waals surface area contributed by atoms with Crippen LogP contribution in [0.3, 0.4) is 0 Å². The van der Waals surface area contributed by atoms with Crippen LogP contribution in [0.2, 0.25) is 0 Å². The van der Waals surface area contributed by atoms with Gasteiger partial charge < -0.3 is 9.80 Å². The van der Waals surface area contributed by atoms with Crippen molar-refractivity contribution in [2.45, 2.75) is 0 Å². The summed E-state index contributed by atoms with van der Waals surface area (Å²) >= 11 is 1.90. The zero-order valence-corrected chi connectivity index (χ0v) is 13.4. The highest BCUT2D eigenvalue weighted by Gasteiger charge is 2.37. The average molecular weight is 332 g/mol. The third kappa shape index (κ3) is 2.73. The first kappa shape index (κ1) is 14.7. The van der Waals surface area contributed by atoms with Crippen molar-refractivity contribution in [2.75, 3.05) is 42.6 Å². The van der Waals surface area contributed by atoms with E-state index in [1.54, 1.807) is 6.07 Å². The van der Waals surface area contributed by atoms with Crippen molar-refractivity contribution < 1.29 is 9.18 Å². The molecule has 0 unspecified atom stereocenters. The van der Waals surface area contributed by atoms with Gasteiger partial charge in [-0.1, -0.05) is 0 Å². The van der Waals surface area contributed by atoms with Gasteiger partial charge in [0, 0.05) is 43.1 Å². The molecule has 0 radical (unpaired) electrons. The van der Waals surface area contributed by atoms with Gasteiger partial charge in [-0.05, 0) is 18.2 Å². The summed E-state index contributed by atoms with van der Waals surface area (Å²) in [4.78, 5) is 24.9. The molecule has 2 aliphatic rings. The normalized spacial score (nSPS) is 19.0. The van der Waals surface area contributed by atoms with E-state index in [0.717, 1.165) is 30.1 Å². The van der Waals surface area contributed by atoms with Crippen molar-refractivity contribution >= 4 is 34.4 Å². The predicted molar refractivity (Wildman–Crippen MR) is 89.1 cm³/mol. The van der Waals surface area contributed by atoms with Crippen LogP contribution < -0.4 is 4.90 Å². The van der Waals surface area contributed by atoms with Crippen LogP contribution in [0.5, 0.6) is 0 Å². The van der Waals surface area contributed by atoms with Crippen molar-refractivity contribution in [1.82, 2.24) is 14.9 Å². The van der Waals surface area contributed by atoms with Gasteiger partial charge in [-0.15, -0.1) is 0 Å². The molecule has 120 valence electrons. The highest BCUT2D eigenvalue weighted by atomic mass is 32.2. The first-order valence-electron chi connectivity index (χ1n) is 7.74. The summed E-state index contributed by atoms with van der Waals surface area (Å²) in [6.45, 7) is 2.99. The maximum Gasteiger partial charge on any atom is 0.229 e. The summed E-state index contributed by atoms with van der Waals surface area (Å²) in [6.07, 6.45) is 1.49. The number of thioether (sulfide) groups is 1. The fourth-order valence-electron chi connectivity index (χ4n) is 3.12. The molecule has 2 saturated heterocycles. The maximum absolute atomic E-state index is 13.5. The summed E-state index contributed by atoms with van der Waals surface area (Å²) in [5.41, 5.74) is 0.722. The molecule has 2 aliphatic heterocycles. The lowest BCUT2D eigenvalue weighted by Gasteiger charge is -2.42. The van der Waals surface area contributed by atoms with E-state index in [1.807, 2.05) is 21.6 Å². The lowest BCUT2D eigenvalue weighted by Crippen LogP contribution is -2.56. The Balaban J connectivity index is 1.49. The predicted octanol–water partition coefficient (Wildman–Crippen LogP) is 1.78. The van der Waals surface area contributed by atoms with E-state index < -0.39 is 0 Å². The highest BCUT2D eigenvalue weighted by Crippen LogP contribution is 2.30. The molecule has 2 fully saturated rings. The van der Waals surface area contributed by atoms with Crippen LogP contribution in [0.15, 0.2) is 24.5 Å². The SMILES string of the molecule is O=C(C1CN(c2ncnc3ccc(F)cc23)C1)N1CCSCC1. The summed E-state index contributed by atoms with van der Waals surface area (Å²) < 4.78 is 13.5. The summed E-state index contributed by atoms with van der Waals surface area (Å²) in [7, 11) is 0. The van der Waals surface area contributed by atoms with E-state index >= 15 is 0 Å². The van der Waals surface area contributed by atoms with E-state index in [1.165, 1.54) is 18.5 Å². The monoisotopic (exact) mass is 332 g/mol. The number of anilines is 1. The topological polar surface area (TPSA) is 49.3 Å². The Labute approximate surface area is 137 Å². The Morgan fingerprint density at radius 1 is 1.22 bits per heavy atom. The lowest BCUT2D eigenvalue weighted by molar-refractivity contribution is -0.135. The average Bonchev–Trinajstić information content (AvgIpc) is 2.54. The fraction of sp³-hybridized carbons (Fsp3) is 0.438. The summed E-state index contributed by atoms with van der Waals surface area (Å²) in [6, 6.07) is 4.52. The molecule has 23 heavy (non-hydrogen) atoms. The number of halogens is 1. The van der Waals surface area contributed by atoms with Crippen molar-refractivity contribution in [3.05, 3.63) is 30.3 Å². The molecule has 0 saturated carbocycles. The molecule has 0 bridgehead atoms. The molecule has 1 amide bonds. The van der Waals surface area contributed by atoms with E-state index in [-0.39, 0.29) is 17.6 Å². The van der Waals surface area contributed by atoms with E-state index in [4.69, 9.17) is 0 Å². The van der Waals surface area contributed by atoms with Gasteiger partial charge in [0.2, 0.25) is 5.91 Å². The minimum Gasteiger partial charge on any atom is -0.354 e. The second-order valence-electron chi connectivity index (χ2n) is 5.90. The third-order valence-corrected chi connectivity index (χ3v) is 5.37. The Kier molecular flexibility index (Phi) is 3.80. The molecule has 3 heterocycles. The molecular formula is C16H17FN4OS. The van der Waals surface area contributed by atoms with E-state index in [2.05, 4.69) is 9.97 Å². The van der Waals surface area contributed by atoms with Crippen molar-refractivity contribution in [2.24, 2.45) is 5.92 Å². The van der Waals surface area contributed by atoms with Crippen LogP contribution in [0.25, 0.3) is 10.9 Å². The van der Waals surface area contributed by atoms with E-state index in [0.29, 0.717) is 24.3 Å². The molecule has 0 aliphatic carbocycles. The van der Waals surface area contributed by atoms with Gasteiger partial charge >= 0.3 is 0 Å². The number of carbonyl (C=O) groups excluding carboxylic acids is 1. The number of carbonyl (C=O) groups is 1. The molecular weight excluding hydrogens is 315 g/mol. The number of nitrogens with zero attached hydrogens (tertiary/aromatic N) is 4. The quantitative estimate of drug-likeness (QED) is 0.839. The zero-order valence-electron chi connectivity index (χ0n) is 12.6. The lowest BCUT2D eigenvalue weighted by atomic mass is 9.97. The number of amides is 1. The van der Waals surface area contributed by atoms with Crippen LogP contribution in [0, 0.1) is 11.7 Å². The number of hydrogen-bond acceptors (Lipinski definition) is 5. The molecule has 1 aromatic carbocycles. The first-order chi connectivity index (χ1) is 11.2. The number of fused-ring (bicyclic) bond motifs is 1. The largest absolute Gasteiger partial charge is 0.354 e. The minimum atomic E-state index is -0.299. The molecule has 4 rings (SSSR count). The smallest absolute Gasteiger partial charge is 0.229 e. The molecule has 0 spiro atoms. The van der Waals surface area contributed by atoms with Gasteiger partial charge in [0.1, 0.15) is 18.0 Å². The van der Waals surface area contributed by atoms with Crippen molar-refractivity contribution in [1.29, 1.82) is 0 Å². The zero-order chi connectivity index (χ0) is 15.8. The van der Waals surface area contributed by atoms with Gasteiger partial charge in [0.25, 0.3) is 0 Å². The first-order valence-corrected chi connectivity index (χ1v) is 8.89. The third-order valence-electron chi connectivity index (χ3n) is 4.43. The minimum absolute atomic E-state index is 0.0247. The van der Waals surface area contributed by atoms with Crippen LogP contribution >= 0.6 is 11.8 Å². The van der Waals surface area contributed by atoms with Crippen LogP contribution in [-0.4, -0.2) is 58.5 Å². The molecule has 1 aromatic heterocycles. The maximum atomic E-state index is 13.5. The second kappa shape index (κ2) is 5.96.